The first-order chi connectivity index (χ1) is 9.28. The first kappa shape index (κ1) is 12.7. The van der Waals surface area contributed by atoms with Gasteiger partial charge in [0.15, 0.2) is 0 Å². The van der Waals surface area contributed by atoms with Crippen molar-refractivity contribution in [2.45, 2.75) is 38.5 Å². The molecule has 3 heteroatoms. The minimum absolute atomic E-state index is 0.142. The number of anilines is 1. The van der Waals surface area contributed by atoms with Gasteiger partial charge in [-0.2, -0.15) is 0 Å². The van der Waals surface area contributed by atoms with Gasteiger partial charge < -0.3 is 10.2 Å². The highest BCUT2D eigenvalue weighted by Crippen LogP contribution is 2.35. The summed E-state index contributed by atoms with van der Waals surface area (Å²) in [5, 5.41) is 2.96. The number of rotatable bonds is 3. The van der Waals surface area contributed by atoms with Crippen LogP contribution in [0, 0.1) is 0 Å². The second-order valence-electron chi connectivity index (χ2n) is 5.74. The van der Waals surface area contributed by atoms with Crippen molar-refractivity contribution in [1.29, 1.82) is 0 Å². The van der Waals surface area contributed by atoms with Gasteiger partial charge in [-0.1, -0.05) is 19.1 Å². The molecular weight excluding hydrogens is 236 g/mol. The molecular formula is C16H22N2O. The smallest absolute Gasteiger partial charge is 0.228 e. The molecule has 0 saturated carbocycles. The van der Waals surface area contributed by atoms with Gasteiger partial charge in [0.05, 0.1) is 6.42 Å². The molecule has 1 aromatic carbocycles. The number of benzene rings is 1. The van der Waals surface area contributed by atoms with Crippen LogP contribution in [-0.4, -0.2) is 30.4 Å². The van der Waals surface area contributed by atoms with Crippen molar-refractivity contribution >= 4 is 11.6 Å². The number of carbonyl (C=O) groups excluding carboxylic acids is 1. The number of hydrogen-bond acceptors (Lipinski definition) is 2. The molecule has 2 heterocycles. The Hall–Kier alpha value is -1.35. The van der Waals surface area contributed by atoms with Gasteiger partial charge >= 0.3 is 0 Å². The summed E-state index contributed by atoms with van der Waals surface area (Å²) in [7, 11) is 0. The van der Waals surface area contributed by atoms with Crippen molar-refractivity contribution in [2.75, 3.05) is 25.0 Å². The summed E-state index contributed by atoms with van der Waals surface area (Å²) in [6.07, 6.45) is 4.32. The first-order valence-corrected chi connectivity index (χ1v) is 7.42. The Bertz CT molecular complexity index is 482. The summed E-state index contributed by atoms with van der Waals surface area (Å²) in [6.45, 7) is 5.82. The molecule has 0 aromatic heterocycles. The zero-order chi connectivity index (χ0) is 13.2. The lowest BCUT2D eigenvalue weighted by Crippen LogP contribution is -2.35. The molecule has 1 aromatic rings. The molecule has 1 amide bonds. The van der Waals surface area contributed by atoms with E-state index < -0.39 is 0 Å². The van der Waals surface area contributed by atoms with Gasteiger partial charge in [-0.05, 0) is 55.5 Å². The molecule has 1 N–H and O–H groups in total. The predicted molar refractivity (Wildman–Crippen MR) is 77.5 cm³/mol. The first-order valence-electron chi connectivity index (χ1n) is 7.42. The minimum atomic E-state index is 0.142. The van der Waals surface area contributed by atoms with E-state index in [9.17, 15) is 4.79 Å². The monoisotopic (exact) mass is 258 g/mol. The van der Waals surface area contributed by atoms with Gasteiger partial charge in [0.1, 0.15) is 0 Å². The normalized spacial score (nSPS) is 23.2. The third-order valence-electron chi connectivity index (χ3n) is 4.31. The average molecular weight is 258 g/mol. The highest BCUT2D eigenvalue weighted by Gasteiger charge is 2.27. The van der Waals surface area contributed by atoms with Crippen LogP contribution < -0.4 is 5.32 Å². The molecule has 1 unspecified atom stereocenters. The van der Waals surface area contributed by atoms with Crippen LogP contribution in [0.5, 0.6) is 0 Å². The molecule has 2 aliphatic heterocycles. The second-order valence-corrected chi connectivity index (χ2v) is 5.74. The molecule has 19 heavy (non-hydrogen) atoms. The second kappa shape index (κ2) is 5.33. The van der Waals surface area contributed by atoms with E-state index in [2.05, 4.69) is 29.3 Å². The van der Waals surface area contributed by atoms with Gasteiger partial charge in [-0.25, -0.2) is 0 Å². The molecule has 102 valence electrons. The summed E-state index contributed by atoms with van der Waals surface area (Å²) in [5.74, 6) is 0.742. The van der Waals surface area contributed by atoms with Crippen molar-refractivity contribution in [3.8, 4) is 0 Å². The molecule has 0 spiro atoms. The van der Waals surface area contributed by atoms with E-state index >= 15 is 0 Å². The van der Waals surface area contributed by atoms with Crippen LogP contribution in [0.2, 0.25) is 0 Å². The molecule has 1 fully saturated rings. The Kier molecular flexibility index (Phi) is 3.56. The lowest BCUT2D eigenvalue weighted by atomic mass is 9.86. The summed E-state index contributed by atoms with van der Waals surface area (Å²) >= 11 is 0. The van der Waals surface area contributed by atoms with Crippen LogP contribution in [0.1, 0.15) is 43.2 Å². The molecule has 1 saturated heterocycles. The number of piperidine rings is 1. The van der Waals surface area contributed by atoms with Gasteiger partial charge in [0.2, 0.25) is 5.91 Å². The fourth-order valence-corrected chi connectivity index (χ4v) is 3.49. The van der Waals surface area contributed by atoms with E-state index in [0.717, 1.165) is 12.2 Å². The van der Waals surface area contributed by atoms with E-state index in [1.165, 1.54) is 43.5 Å². The van der Waals surface area contributed by atoms with E-state index in [1.807, 2.05) is 6.07 Å². The third-order valence-corrected chi connectivity index (χ3v) is 4.31. The lowest BCUT2D eigenvalue weighted by molar-refractivity contribution is -0.115. The van der Waals surface area contributed by atoms with E-state index in [4.69, 9.17) is 0 Å². The van der Waals surface area contributed by atoms with Crippen LogP contribution in [-0.2, 0) is 11.2 Å². The Morgan fingerprint density at radius 1 is 1.42 bits per heavy atom. The molecule has 0 radical (unpaired) electrons. The maximum Gasteiger partial charge on any atom is 0.228 e. The molecule has 3 rings (SSSR count). The number of hydrogen-bond donors (Lipinski definition) is 1. The number of likely N-dealkylation sites (tertiary alicyclic amines) is 1. The van der Waals surface area contributed by atoms with Gasteiger partial charge in [-0.15, -0.1) is 0 Å². The van der Waals surface area contributed by atoms with Crippen LogP contribution in [0.25, 0.3) is 0 Å². The zero-order valence-corrected chi connectivity index (χ0v) is 11.6. The standard InChI is InChI=1S/C16H22N2O/c1-2-8-18-9-4-5-12(11-18)13-6-3-7-15-14(13)10-16(19)17-15/h3,6-7,12H,2,4-5,8-11H2,1H3,(H,17,19). The highest BCUT2D eigenvalue weighted by atomic mass is 16.1. The average Bonchev–Trinajstić information content (AvgIpc) is 2.79. The van der Waals surface area contributed by atoms with Crippen LogP contribution >= 0.6 is 0 Å². The highest BCUT2D eigenvalue weighted by molar-refractivity contribution is 5.99. The van der Waals surface area contributed by atoms with Gasteiger partial charge in [-0.3, -0.25) is 4.79 Å². The van der Waals surface area contributed by atoms with Crippen LogP contribution in [0.4, 0.5) is 5.69 Å². The minimum Gasteiger partial charge on any atom is -0.326 e. The van der Waals surface area contributed by atoms with Crippen molar-refractivity contribution in [3.63, 3.8) is 0 Å². The Labute approximate surface area is 115 Å². The Morgan fingerprint density at radius 2 is 2.32 bits per heavy atom. The molecule has 1 atom stereocenters. The fourth-order valence-electron chi connectivity index (χ4n) is 3.49. The summed E-state index contributed by atoms with van der Waals surface area (Å²) < 4.78 is 0. The lowest BCUT2D eigenvalue weighted by Gasteiger charge is -2.33. The number of nitrogens with zero attached hydrogens (tertiary/aromatic N) is 1. The van der Waals surface area contributed by atoms with Crippen molar-refractivity contribution in [3.05, 3.63) is 29.3 Å². The van der Waals surface area contributed by atoms with Crippen LogP contribution in [0.3, 0.4) is 0 Å². The van der Waals surface area contributed by atoms with E-state index in [-0.39, 0.29) is 5.91 Å². The predicted octanol–water partition coefficient (Wildman–Crippen LogP) is 2.77. The SMILES string of the molecule is CCCN1CCCC(c2cccc3c2CC(=O)N3)C1. The zero-order valence-electron chi connectivity index (χ0n) is 11.6. The number of carbonyl (C=O) groups is 1. The van der Waals surface area contributed by atoms with Crippen molar-refractivity contribution in [2.24, 2.45) is 0 Å². The van der Waals surface area contributed by atoms with E-state index in [1.54, 1.807) is 0 Å². The Morgan fingerprint density at radius 3 is 3.16 bits per heavy atom. The van der Waals surface area contributed by atoms with Gasteiger partial charge in [0.25, 0.3) is 0 Å². The quantitative estimate of drug-likeness (QED) is 0.904. The molecule has 0 bridgehead atoms. The van der Waals surface area contributed by atoms with Crippen molar-refractivity contribution < 1.29 is 4.79 Å². The molecule has 2 aliphatic rings. The summed E-state index contributed by atoms with van der Waals surface area (Å²) in [5.41, 5.74) is 3.68. The largest absolute Gasteiger partial charge is 0.326 e. The van der Waals surface area contributed by atoms with Crippen LogP contribution in [0.15, 0.2) is 18.2 Å². The molecule has 0 aliphatic carbocycles. The Balaban J connectivity index is 1.83. The number of fused-ring (bicyclic) bond motifs is 1. The van der Waals surface area contributed by atoms with Gasteiger partial charge in [0, 0.05) is 12.2 Å². The molecule has 3 nitrogen and oxygen atoms in total. The maximum absolute atomic E-state index is 11.6. The summed E-state index contributed by atoms with van der Waals surface area (Å²) in [6, 6.07) is 6.33. The fraction of sp³-hybridized carbons (Fsp3) is 0.562. The maximum atomic E-state index is 11.6. The number of nitrogens with one attached hydrogen (secondary N) is 1. The topological polar surface area (TPSA) is 32.3 Å². The van der Waals surface area contributed by atoms with E-state index in [0.29, 0.717) is 12.3 Å². The third kappa shape index (κ3) is 2.52. The van der Waals surface area contributed by atoms with Crippen molar-refractivity contribution in [1.82, 2.24) is 4.90 Å². The summed E-state index contributed by atoms with van der Waals surface area (Å²) in [4.78, 5) is 14.1. The number of amides is 1.